The molecule has 0 aliphatic carbocycles. The summed E-state index contributed by atoms with van der Waals surface area (Å²) in [6.07, 6.45) is 1.79. The number of hydrogen-bond acceptors (Lipinski definition) is 4. The lowest BCUT2D eigenvalue weighted by Crippen LogP contribution is -2.29. The monoisotopic (exact) mass is 354 g/mol. The molecule has 0 aliphatic heterocycles. The van der Waals surface area contributed by atoms with Crippen LogP contribution in [0.15, 0.2) is 54.6 Å². The lowest BCUT2D eigenvalue weighted by atomic mass is 10.2. The minimum atomic E-state index is -0.984. The Balaban J connectivity index is 1.91. The van der Waals surface area contributed by atoms with Crippen molar-refractivity contribution < 1.29 is 14.3 Å². The van der Waals surface area contributed by atoms with E-state index in [1.165, 1.54) is 19.1 Å². The average molecular weight is 355 g/mol. The number of amides is 1. The molecular formula is C19H15ClN2O3. The van der Waals surface area contributed by atoms with Crippen molar-refractivity contribution in [2.75, 3.05) is 5.32 Å². The minimum absolute atomic E-state index is 0.423. The molecule has 0 unspecified atom stereocenters. The van der Waals surface area contributed by atoms with Crippen LogP contribution in [0.3, 0.4) is 0 Å². The van der Waals surface area contributed by atoms with Crippen molar-refractivity contribution >= 4 is 35.2 Å². The quantitative estimate of drug-likeness (QED) is 0.654. The van der Waals surface area contributed by atoms with Crippen molar-refractivity contribution in [3.8, 4) is 6.07 Å². The molecule has 5 nitrogen and oxygen atoms in total. The van der Waals surface area contributed by atoms with Crippen LogP contribution in [0, 0.1) is 11.3 Å². The highest BCUT2D eigenvalue weighted by Crippen LogP contribution is 2.13. The van der Waals surface area contributed by atoms with Gasteiger partial charge < -0.3 is 10.1 Å². The van der Waals surface area contributed by atoms with Crippen LogP contribution in [0.25, 0.3) is 6.08 Å². The molecule has 0 saturated heterocycles. The van der Waals surface area contributed by atoms with Gasteiger partial charge in [0.1, 0.15) is 0 Å². The largest absolute Gasteiger partial charge is 0.449 e. The molecule has 0 heterocycles. The first-order chi connectivity index (χ1) is 12.0. The van der Waals surface area contributed by atoms with Gasteiger partial charge in [-0.15, -0.1) is 0 Å². The molecule has 25 heavy (non-hydrogen) atoms. The zero-order valence-electron chi connectivity index (χ0n) is 13.4. The Hall–Kier alpha value is -3.10. The Bertz CT molecular complexity index is 856. The molecular weight excluding hydrogens is 340 g/mol. The van der Waals surface area contributed by atoms with E-state index in [0.717, 1.165) is 5.56 Å². The predicted octanol–water partition coefficient (Wildman–Crippen LogP) is 3.80. The number of benzene rings is 2. The number of rotatable bonds is 5. The van der Waals surface area contributed by atoms with Crippen molar-refractivity contribution in [3.63, 3.8) is 0 Å². The molecule has 126 valence electrons. The molecule has 1 N–H and O–H groups in total. The highest BCUT2D eigenvalue weighted by Gasteiger charge is 2.16. The van der Waals surface area contributed by atoms with Gasteiger partial charge in [0.15, 0.2) is 6.10 Å². The Morgan fingerprint density at radius 3 is 2.72 bits per heavy atom. The third-order valence-electron chi connectivity index (χ3n) is 3.18. The van der Waals surface area contributed by atoms with Crippen LogP contribution >= 0.6 is 11.6 Å². The summed E-state index contributed by atoms with van der Waals surface area (Å²) in [5, 5.41) is 12.0. The topological polar surface area (TPSA) is 79.2 Å². The van der Waals surface area contributed by atoms with Crippen LogP contribution < -0.4 is 5.32 Å². The summed E-state index contributed by atoms with van der Waals surface area (Å²) < 4.78 is 5.06. The first-order valence-electron chi connectivity index (χ1n) is 7.43. The number of anilines is 1. The minimum Gasteiger partial charge on any atom is -0.449 e. The van der Waals surface area contributed by atoms with Gasteiger partial charge >= 0.3 is 5.97 Å². The number of hydrogen-bond donors (Lipinski definition) is 1. The lowest BCUT2D eigenvalue weighted by Gasteiger charge is -2.12. The van der Waals surface area contributed by atoms with Crippen LogP contribution in [0.4, 0.5) is 5.69 Å². The maximum atomic E-state index is 12.1. The van der Waals surface area contributed by atoms with Gasteiger partial charge in [0.25, 0.3) is 5.91 Å². The van der Waals surface area contributed by atoms with Gasteiger partial charge in [-0.1, -0.05) is 29.8 Å². The highest BCUT2D eigenvalue weighted by molar-refractivity contribution is 6.30. The maximum Gasteiger partial charge on any atom is 0.331 e. The number of nitrogens with one attached hydrogen (secondary N) is 1. The number of carbonyl (C=O) groups is 2. The molecule has 2 rings (SSSR count). The second kappa shape index (κ2) is 8.67. The molecule has 0 fully saturated rings. The maximum absolute atomic E-state index is 12.1. The van der Waals surface area contributed by atoms with Crippen molar-refractivity contribution in [3.05, 3.63) is 70.8 Å². The van der Waals surface area contributed by atoms with E-state index in [2.05, 4.69) is 5.32 Å². The van der Waals surface area contributed by atoms with E-state index in [4.69, 9.17) is 21.6 Å². The average Bonchev–Trinajstić information content (AvgIpc) is 2.60. The Labute approximate surface area is 150 Å². The van der Waals surface area contributed by atoms with Crippen LogP contribution in [0.2, 0.25) is 5.02 Å². The fraction of sp³-hybridized carbons (Fsp3) is 0.105. The highest BCUT2D eigenvalue weighted by atomic mass is 35.5. The smallest absolute Gasteiger partial charge is 0.331 e. The summed E-state index contributed by atoms with van der Waals surface area (Å²) in [5.41, 5.74) is 1.63. The zero-order chi connectivity index (χ0) is 18.2. The molecule has 1 amide bonds. The molecule has 0 aliphatic rings. The Kier molecular flexibility index (Phi) is 6.33. The van der Waals surface area contributed by atoms with Gasteiger partial charge in [-0.2, -0.15) is 5.26 Å². The van der Waals surface area contributed by atoms with Crippen LogP contribution in [-0.2, 0) is 14.3 Å². The number of halogens is 1. The van der Waals surface area contributed by atoms with Crippen LogP contribution in [0.5, 0.6) is 0 Å². The summed E-state index contributed by atoms with van der Waals surface area (Å²) in [6.45, 7) is 1.47. The summed E-state index contributed by atoms with van der Waals surface area (Å²) in [4.78, 5) is 23.9. The molecule has 2 aromatic rings. The molecule has 0 aromatic heterocycles. The normalized spacial score (nSPS) is 11.6. The van der Waals surface area contributed by atoms with E-state index in [1.54, 1.807) is 48.5 Å². The summed E-state index contributed by atoms with van der Waals surface area (Å²) in [6, 6.07) is 15.4. The number of carbonyl (C=O) groups excluding carboxylic acids is 2. The Morgan fingerprint density at radius 1 is 1.24 bits per heavy atom. The molecule has 2 aromatic carbocycles. The van der Waals surface area contributed by atoms with Crippen LogP contribution in [-0.4, -0.2) is 18.0 Å². The Morgan fingerprint density at radius 2 is 2.00 bits per heavy atom. The first kappa shape index (κ1) is 18.2. The van der Waals surface area contributed by atoms with Crippen LogP contribution in [0.1, 0.15) is 18.1 Å². The fourth-order valence-electron chi connectivity index (χ4n) is 1.95. The fourth-order valence-corrected chi connectivity index (χ4v) is 2.15. The van der Waals surface area contributed by atoms with E-state index in [-0.39, 0.29) is 0 Å². The molecule has 0 saturated carbocycles. The summed E-state index contributed by atoms with van der Waals surface area (Å²) in [5.74, 6) is -1.13. The summed E-state index contributed by atoms with van der Waals surface area (Å²) >= 11 is 5.86. The van der Waals surface area contributed by atoms with E-state index in [0.29, 0.717) is 16.3 Å². The van der Waals surface area contributed by atoms with Crippen molar-refractivity contribution in [2.45, 2.75) is 13.0 Å². The molecule has 6 heteroatoms. The zero-order valence-corrected chi connectivity index (χ0v) is 14.2. The second-order valence-electron chi connectivity index (χ2n) is 5.15. The first-order valence-corrected chi connectivity index (χ1v) is 7.81. The van der Waals surface area contributed by atoms with Gasteiger partial charge in [0.05, 0.1) is 11.6 Å². The summed E-state index contributed by atoms with van der Waals surface area (Å²) in [7, 11) is 0. The lowest BCUT2D eigenvalue weighted by molar-refractivity contribution is -0.148. The third-order valence-corrected chi connectivity index (χ3v) is 3.42. The standard InChI is InChI=1S/C19H15ClN2O3/c1-13(19(24)22-17-7-3-5-15(11-17)12-21)25-18(23)9-8-14-4-2-6-16(20)10-14/h2-11,13H,1H3,(H,22,24)/b9-8+/t13-/m1/s1. The number of ether oxygens (including phenoxy) is 1. The number of esters is 1. The van der Waals surface area contributed by atoms with Crippen molar-refractivity contribution in [1.29, 1.82) is 5.26 Å². The van der Waals surface area contributed by atoms with Gasteiger partial charge in [-0.05, 0) is 48.9 Å². The van der Waals surface area contributed by atoms with E-state index >= 15 is 0 Å². The SMILES string of the molecule is C[C@@H](OC(=O)/C=C/c1cccc(Cl)c1)C(=O)Nc1cccc(C#N)c1. The molecule has 0 bridgehead atoms. The van der Waals surface area contributed by atoms with Gasteiger partial charge in [0.2, 0.25) is 0 Å². The van der Waals surface area contributed by atoms with Crippen molar-refractivity contribution in [1.82, 2.24) is 0 Å². The van der Waals surface area contributed by atoms with Gasteiger partial charge in [-0.25, -0.2) is 4.79 Å². The molecule has 1 atom stereocenters. The van der Waals surface area contributed by atoms with E-state index in [1.807, 2.05) is 6.07 Å². The second-order valence-corrected chi connectivity index (χ2v) is 5.59. The van der Waals surface area contributed by atoms with Gasteiger partial charge in [0, 0.05) is 16.8 Å². The molecule has 0 spiro atoms. The molecule has 0 radical (unpaired) electrons. The number of nitrogens with zero attached hydrogens (tertiary/aromatic N) is 1. The van der Waals surface area contributed by atoms with Crippen molar-refractivity contribution in [2.24, 2.45) is 0 Å². The third kappa shape index (κ3) is 5.79. The van der Waals surface area contributed by atoms with E-state index < -0.39 is 18.0 Å². The van der Waals surface area contributed by atoms with Gasteiger partial charge in [-0.3, -0.25) is 4.79 Å². The predicted molar refractivity (Wildman–Crippen MR) is 95.8 cm³/mol. The van der Waals surface area contributed by atoms with E-state index in [9.17, 15) is 9.59 Å². The number of nitriles is 1.